The van der Waals surface area contributed by atoms with Crippen LogP contribution in [0.15, 0.2) is 79.1 Å². The molecule has 0 saturated heterocycles. The summed E-state index contributed by atoms with van der Waals surface area (Å²) in [5, 5.41) is 3.43. The molecule has 0 aliphatic carbocycles. The van der Waals surface area contributed by atoms with Crippen LogP contribution >= 0.6 is 11.6 Å². The molecule has 4 rings (SSSR count). The number of aromatic nitrogens is 2. The van der Waals surface area contributed by atoms with Gasteiger partial charge in [0.2, 0.25) is 0 Å². The minimum absolute atomic E-state index is 0.218. The van der Waals surface area contributed by atoms with Crippen LogP contribution in [-0.4, -0.2) is 15.9 Å². The van der Waals surface area contributed by atoms with Crippen molar-refractivity contribution < 1.29 is 9.53 Å². The lowest BCUT2D eigenvalue weighted by Crippen LogP contribution is -2.11. The highest BCUT2D eigenvalue weighted by Crippen LogP contribution is 2.26. The molecule has 0 aliphatic rings. The number of rotatable bonds is 4. The summed E-state index contributed by atoms with van der Waals surface area (Å²) in [7, 11) is 0. The van der Waals surface area contributed by atoms with E-state index in [0.717, 1.165) is 11.0 Å². The monoisotopic (exact) mass is 375 g/mol. The molecule has 0 fully saturated rings. The van der Waals surface area contributed by atoms with Crippen molar-refractivity contribution >= 4 is 34.2 Å². The van der Waals surface area contributed by atoms with Crippen molar-refractivity contribution in [2.45, 2.75) is 0 Å². The molecule has 6 heteroatoms. The smallest absolute Gasteiger partial charge is 0.255 e. The molecule has 4 aromatic rings. The SMILES string of the molecule is O=C(Nc1cccc(Oc2ccc3nccnc3c2)c1)c1ccc(Cl)cc1. The van der Waals surface area contributed by atoms with Crippen LogP contribution in [0.3, 0.4) is 0 Å². The summed E-state index contributed by atoms with van der Waals surface area (Å²) >= 11 is 5.85. The molecule has 1 aromatic heterocycles. The molecular formula is C21H14ClN3O2. The molecular weight excluding hydrogens is 362 g/mol. The van der Waals surface area contributed by atoms with E-state index in [1.807, 2.05) is 30.3 Å². The third-order valence-electron chi connectivity index (χ3n) is 3.87. The molecule has 0 aliphatic heterocycles. The van der Waals surface area contributed by atoms with Gasteiger partial charge in [-0.15, -0.1) is 0 Å². The molecule has 1 amide bonds. The molecule has 5 nitrogen and oxygen atoms in total. The van der Waals surface area contributed by atoms with Crippen LogP contribution in [0.25, 0.3) is 11.0 Å². The number of carbonyl (C=O) groups is 1. The Morgan fingerprint density at radius 1 is 0.852 bits per heavy atom. The average Bonchev–Trinajstić information content (AvgIpc) is 2.69. The standard InChI is InChI=1S/C21H14ClN3O2/c22-15-6-4-14(5-7-15)21(26)25-16-2-1-3-17(12-16)27-18-8-9-19-20(13-18)24-11-10-23-19/h1-13H,(H,25,26). The Balaban J connectivity index is 1.51. The van der Waals surface area contributed by atoms with Crippen LogP contribution in [0.2, 0.25) is 5.02 Å². The molecule has 1 heterocycles. The second kappa shape index (κ2) is 7.43. The summed E-state index contributed by atoms with van der Waals surface area (Å²) < 4.78 is 5.89. The van der Waals surface area contributed by atoms with Crippen molar-refractivity contribution in [1.82, 2.24) is 9.97 Å². The van der Waals surface area contributed by atoms with Crippen molar-refractivity contribution in [2.75, 3.05) is 5.32 Å². The zero-order valence-electron chi connectivity index (χ0n) is 14.1. The third kappa shape index (κ3) is 4.04. The van der Waals surface area contributed by atoms with Gasteiger partial charge < -0.3 is 10.1 Å². The molecule has 0 spiro atoms. The summed E-state index contributed by atoms with van der Waals surface area (Å²) in [5.74, 6) is 1.03. The van der Waals surface area contributed by atoms with Crippen LogP contribution < -0.4 is 10.1 Å². The lowest BCUT2D eigenvalue weighted by atomic mass is 10.2. The molecule has 3 aromatic carbocycles. The summed E-state index contributed by atoms with van der Waals surface area (Å²) in [6.45, 7) is 0. The summed E-state index contributed by atoms with van der Waals surface area (Å²) in [5.41, 5.74) is 2.71. The van der Waals surface area contributed by atoms with Crippen LogP contribution in [0.1, 0.15) is 10.4 Å². The number of halogens is 1. The van der Waals surface area contributed by atoms with E-state index in [2.05, 4.69) is 15.3 Å². The van der Waals surface area contributed by atoms with Gasteiger partial charge in [0.25, 0.3) is 5.91 Å². The molecule has 0 unspecified atom stereocenters. The van der Waals surface area contributed by atoms with Gasteiger partial charge in [-0.2, -0.15) is 0 Å². The van der Waals surface area contributed by atoms with Gasteiger partial charge in [-0.05, 0) is 48.5 Å². The molecule has 0 saturated carbocycles. The van der Waals surface area contributed by atoms with Crippen LogP contribution in [0.4, 0.5) is 5.69 Å². The zero-order chi connectivity index (χ0) is 18.6. The number of ether oxygens (including phenoxy) is 1. The molecule has 1 N–H and O–H groups in total. The first-order valence-corrected chi connectivity index (χ1v) is 8.61. The van der Waals surface area contributed by atoms with E-state index in [4.69, 9.17) is 16.3 Å². The first-order chi connectivity index (χ1) is 13.2. The van der Waals surface area contributed by atoms with Crippen molar-refractivity contribution in [3.63, 3.8) is 0 Å². The Morgan fingerprint density at radius 3 is 2.41 bits per heavy atom. The quantitative estimate of drug-likeness (QED) is 0.523. The van der Waals surface area contributed by atoms with Crippen molar-refractivity contribution in [3.8, 4) is 11.5 Å². The van der Waals surface area contributed by atoms with Crippen LogP contribution in [0.5, 0.6) is 11.5 Å². The first kappa shape index (κ1) is 17.0. The van der Waals surface area contributed by atoms with Crippen LogP contribution in [0, 0.1) is 0 Å². The van der Waals surface area contributed by atoms with Gasteiger partial charge in [0, 0.05) is 40.8 Å². The Kier molecular flexibility index (Phi) is 4.68. The number of nitrogens with zero attached hydrogens (tertiary/aromatic N) is 2. The summed E-state index contributed by atoms with van der Waals surface area (Å²) in [6.07, 6.45) is 3.29. The largest absolute Gasteiger partial charge is 0.457 e. The lowest BCUT2D eigenvalue weighted by molar-refractivity contribution is 0.102. The van der Waals surface area contributed by atoms with Gasteiger partial charge in [-0.1, -0.05) is 17.7 Å². The highest BCUT2D eigenvalue weighted by molar-refractivity contribution is 6.30. The zero-order valence-corrected chi connectivity index (χ0v) is 14.9. The Bertz CT molecular complexity index is 1110. The minimum Gasteiger partial charge on any atom is -0.457 e. The van der Waals surface area contributed by atoms with E-state index in [9.17, 15) is 4.79 Å². The molecule has 0 radical (unpaired) electrons. The maximum absolute atomic E-state index is 12.3. The fourth-order valence-corrected chi connectivity index (χ4v) is 2.71. The highest BCUT2D eigenvalue weighted by atomic mass is 35.5. The topological polar surface area (TPSA) is 64.1 Å². The Hall–Kier alpha value is -3.44. The number of hydrogen-bond acceptors (Lipinski definition) is 4. The summed E-state index contributed by atoms with van der Waals surface area (Å²) in [6, 6.07) is 19.4. The van der Waals surface area contributed by atoms with E-state index in [-0.39, 0.29) is 5.91 Å². The maximum Gasteiger partial charge on any atom is 0.255 e. The lowest BCUT2D eigenvalue weighted by Gasteiger charge is -2.09. The molecule has 0 atom stereocenters. The normalized spacial score (nSPS) is 10.6. The van der Waals surface area contributed by atoms with Gasteiger partial charge >= 0.3 is 0 Å². The minimum atomic E-state index is -0.218. The van der Waals surface area contributed by atoms with Gasteiger partial charge in [-0.25, -0.2) is 0 Å². The van der Waals surface area contributed by atoms with E-state index in [0.29, 0.717) is 27.8 Å². The fraction of sp³-hybridized carbons (Fsp3) is 0. The average molecular weight is 376 g/mol. The predicted octanol–water partition coefficient (Wildman–Crippen LogP) is 5.33. The number of nitrogens with one attached hydrogen (secondary N) is 1. The Morgan fingerprint density at radius 2 is 1.59 bits per heavy atom. The Labute approximate surface area is 160 Å². The maximum atomic E-state index is 12.3. The number of anilines is 1. The molecule has 27 heavy (non-hydrogen) atoms. The van der Waals surface area contributed by atoms with Gasteiger partial charge in [0.1, 0.15) is 11.5 Å². The van der Waals surface area contributed by atoms with Gasteiger partial charge in [0.15, 0.2) is 0 Å². The highest BCUT2D eigenvalue weighted by Gasteiger charge is 2.07. The number of amides is 1. The van der Waals surface area contributed by atoms with Crippen molar-refractivity contribution in [3.05, 3.63) is 89.7 Å². The first-order valence-electron chi connectivity index (χ1n) is 8.23. The predicted molar refractivity (Wildman–Crippen MR) is 105 cm³/mol. The number of fused-ring (bicyclic) bond motifs is 1. The number of benzene rings is 3. The van der Waals surface area contributed by atoms with Crippen LogP contribution in [-0.2, 0) is 0 Å². The van der Waals surface area contributed by atoms with E-state index < -0.39 is 0 Å². The number of hydrogen-bond donors (Lipinski definition) is 1. The van der Waals surface area contributed by atoms with Gasteiger partial charge in [-0.3, -0.25) is 14.8 Å². The van der Waals surface area contributed by atoms with E-state index >= 15 is 0 Å². The van der Waals surface area contributed by atoms with Crippen molar-refractivity contribution in [1.29, 1.82) is 0 Å². The van der Waals surface area contributed by atoms with Gasteiger partial charge in [0.05, 0.1) is 11.0 Å². The fourth-order valence-electron chi connectivity index (χ4n) is 2.58. The van der Waals surface area contributed by atoms with Crippen molar-refractivity contribution in [2.24, 2.45) is 0 Å². The summed E-state index contributed by atoms with van der Waals surface area (Å²) in [4.78, 5) is 20.8. The second-order valence-corrected chi connectivity index (χ2v) is 6.23. The van der Waals surface area contributed by atoms with E-state index in [1.54, 1.807) is 48.8 Å². The number of carbonyl (C=O) groups excluding carboxylic acids is 1. The van der Waals surface area contributed by atoms with E-state index in [1.165, 1.54) is 0 Å². The second-order valence-electron chi connectivity index (χ2n) is 5.80. The molecule has 132 valence electrons. The third-order valence-corrected chi connectivity index (χ3v) is 4.13. The molecule has 0 bridgehead atoms.